The normalized spacial score (nSPS) is 22.9. The number of rotatable bonds is 4. The zero-order valence-electron chi connectivity index (χ0n) is 9.16. The largest absolute Gasteiger partial charge is 0.496 e. The number of hydrogen-bond donors (Lipinski definition) is 1. The van der Waals surface area contributed by atoms with Crippen LogP contribution in [0, 0.1) is 5.92 Å². The fourth-order valence-electron chi connectivity index (χ4n) is 2.10. The molecule has 4 heteroatoms. The Morgan fingerprint density at radius 3 is 3.13 bits per heavy atom. The van der Waals surface area contributed by atoms with Gasteiger partial charge in [0, 0.05) is 12.5 Å². The zero-order chi connectivity index (χ0) is 10.7. The molecule has 0 radical (unpaired) electrons. The smallest absolute Gasteiger partial charge is 0.134 e. The Morgan fingerprint density at radius 1 is 1.67 bits per heavy atom. The lowest BCUT2D eigenvalue weighted by molar-refractivity contribution is 0.178. The van der Waals surface area contributed by atoms with Crippen LogP contribution in [0.2, 0.25) is 0 Å². The zero-order valence-corrected chi connectivity index (χ0v) is 9.97. The second-order valence-corrected chi connectivity index (χ2v) is 4.69. The fraction of sp³-hybridized carbons (Fsp3) is 0.636. The highest BCUT2D eigenvalue weighted by atomic mass is 32.1. The van der Waals surface area contributed by atoms with E-state index in [4.69, 9.17) is 9.47 Å². The highest BCUT2D eigenvalue weighted by Gasteiger charge is 2.28. The summed E-state index contributed by atoms with van der Waals surface area (Å²) >= 11 is 1.75. The summed E-state index contributed by atoms with van der Waals surface area (Å²) in [6.45, 7) is 1.74. The van der Waals surface area contributed by atoms with Crippen LogP contribution in [-0.4, -0.2) is 27.4 Å². The van der Waals surface area contributed by atoms with Gasteiger partial charge in [-0.3, -0.25) is 0 Å². The maximum Gasteiger partial charge on any atom is 0.134 e. The molecule has 0 saturated carbocycles. The number of ether oxygens (including phenoxy) is 2. The van der Waals surface area contributed by atoms with Crippen LogP contribution >= 0.6 is 11.3 Å². The molecule has 0 amide bonds. The first-order valence-electron chi connectivity index (χ1n) is 5.23. The second kappa shape index (κ2) is 4.96. The van der Waals surface area contributed by atoms with E-state index in [-0.39, 0.29) is 0 Å². The third kappa shape index (κ3) is 2.17. The van der Waals surface area contributed by atoms with E-state index in [2.05, 4.69) is 10.7 Å². The maximum absolute atomic E-state index is 5.44. The lowest BCUT2D eigenvalue weighted by atomic mass is 9.97. The lowest BCUT2D eigenvalue weighted by Gasteiger charge is -2.21. The molecule has 1 fully saturated rings. The Hall–Kier alpha value is -0.580. The molecule has 84 valence electrons. The van der Waals surface area contributed by atoms with Gasteiger partial charge in [-0.15, -0.1) is 11.3 Å². The Balaban J connectivity index is 2.17. The molecule has 0 aromatic carbocycles. The summed E-state index contributed by atoms with van der Waals surface area (Å²) in [6.07, 6.45) is 1.13. The molecular formula is C11H17NO2S. The average Bonchev–Trinajstić information content (AvgIpc) is 2.89. The van der Waals surface area contributed by atoms with Gasteiger partial charge in [0.25, 0.3) is 0 Å². The van der Waals surface area contributed by atoms with Gasteiger partial charge in [-0.05, 0) is 24.9 Å². The molecule has 3 nitrogen and oxygen atoms in total. The molecule has 2 unspecified atom stereocenters. The maximum atomic E-state index is 5.44. The minimum atomic E-state index is 0.363. The van der Waals surface area contributed by atoms with Crippen molar-refractivity contribution in [3.05, 3.63) is 16.3 Å². The van der Waals surface area contributed by atoms with Gasteiger partial charge in [-0.2, -0.15) is 0 Å². The fourth-order valence-corrected chi connectivity index (χ4v) is 3.16. The molecule has 1 aromatic rings. The van der Waals surface area contributed by atoms with Crippen molar-refractivity contribution in [2.24, 2.45) is 5.92 Å². The molecule has 1 aliphatic heterocycles. The predicted molar refractivity (Wildman–Crippen MR) is 61.6 cm³/mol. The molecule has 2 rings (SSSR count). The van der Waals surface area contributed by atoms with E-state index in [0.717, 1.165) is 25.4 Å². The Labute approximate surface area is 94.4 Å². The summed E-state index contributed by atoms with van der Waals surface area (Å²) in [6, 6.07) is 2.39. The molecule has 1 aromatic heterocycles. The van der Waals surface area contributed by atoms with Crippen LogP contribution in [0.25, 0.3) is 0 Å². The Morgan fingerprint density at radius 2 is 2.53 bits per heavy atom. The van der Waals surface area contributed by atoms with Crippen molar-refractivity contribution in [1.29, 1.82) is 0 Å². The van der Waals surface area contributed by atoms with Gasteiger partial charge in [0.05, 0.1) is 24.6 Å². The van der Waals surface area contributed by atoms with E-state index >= 15 is 0 Å². The standard InChI is InChI=1S/C11H17NO2S/c1-12-10(8-3-5-14-7-8)11-9(13-2)4-6-15-11/h4,6,8,10,12H,3,5,7H2,1-2H3. The second-order valence-electron chi connectivity index (χ2n) is 3.74. The molecule has 1 saturated heterocycles. The van der Waals surface area contributed by atoms with Crippen molar-refractivity contribution < 1.29 is 9.47 Å². The van der Waals surface area contributed by atoms with Crippen molar-refractivity contribution in [3.63, 3.8) is 0 Å². The lowest BCUT2D eigenvalue weighted by Crippen LogP contribution is -2.25. The van der Waals surface area contributed by atoms with E-state index in [0.29, 0.717) is 12.0 Å². The third-order valence-electron chi connectivity index (χ3n) is 2.91. The summed E-state index contributed by atoms with van der Waals surface area (Å²) in [4.78, 5) is 1.29. The van der Waals surface area contributed by atoms with E-state index in [1.54, 1.807) is 18.4 Å². The van der Waals surface area contributed by atoms with Gasteiger partial charge < -0.3 is 14.8 Å². The highest BCUT2D eigenvalue weighted by molar-refractivity contribution is 7.10. The van der Waals surface area contributed by atoms with Gasteiger partial charge >= 0.3 is 0 Å². The molecule has 0 bridgehead atoms. The number of nitrogens with one attached hydrogen (secondary N) is 1. The van der Waals surface area contributed by atoms with E-state index in [9.17, 15) is 0 Å². The predicted octanol–water partition coefficient (Wildman–Crippen LogP) is 2.05. The summed E-state index contributed by atoms with van der Waals surface area (Å²) in [5.41, 5.74) is 0. The van der Waals surface area contributed by atoms with E-state index in [1.165, 1.54) is 4.88 Å². The van der Waals surface area contributed by atoms with Crippen LogP contribution < -0.4 is 10.1 Å². The van der Waals surface area contributed by atoms with Gasteiger partial charge in [-0.25, -0.2) is 0 Å². The molecular weight excluding hydrogens is 210 g/mol. The van der Waals surface area contributed by atoms with Crippen molar-refractivity contribution in [3.8, 4) is 5.75 Å². The van der Waals surface area contributed by atoms with Gasteiger partial charge in [0.1, 0.15) is 5.75 Å². The first-order chi connectivity index (χ1) is 7.36. The third-order valence-corrected chi connectivity index (χ3v) is 3.89. The SMILES string of the molecule is CNC(c1sccc1OC)C1CCOC1. The summed E-state index contributed by atoms with van der Waals surface area (Å²) < 4.78 is 10.8. The minimum absolute atomic E-state index is 0.363. The van der Waals surface area contributed by atoms with Gasteiger partial charge in [-0.1, -0.05) is 0 Å². The number of thiophene rings is 1. The molecule has 0 aliphatic carbocycles. The minimum Gasteiger partial charge on any atom is -0.496 e. The van der Waals surface area contributed by atoms with E-state index in [1.807, 2.05) is 13.1 Å². The van der Waals surface area contributed by atoms with E-state index < -0.39 is 0 Å². The number of methoxy groups -OCH3 is 1. The summed E-state index contributed by atoms with van der Waals surface area (Å²) in [5, 5.41) is 5.45. The quantitative estimate of drug-likeness (QED) is 0.854. The van der Waals surface area contributed by atoms with Crippen LogP contribution in [0.3, 0.4) is 0 Å². The monoisotopic (exact) mass is 227 g/mol. The first-order valence-corrected chi connectivity index (χ1v) is 6.11. The van der Waals surface area contributed by atoms with Crippen molar-refractivity contribution in [1.82, 2.24) is 5.32 Å². The molecule has 2 atom stereocenters. The van der Waals surface area contributed by atoms with Crippen LogP contribution in [-0.2, 0) is 4.74 Å². The summed E-state index contributed by atoms with van der Waals surface area (Å²) in [5.74, 6) is 1.56. The number of hydrogen-bond acceptors (Lipinski definition) is 4. The van der Waals surface area contributed by atoms with Crippen LogP contribution in [0.4, 0.5) is 0 Å². The van der Waals surface area contributed by atoms with Crippen molar-refractivity contribution in [2.45, 2.75) is 12.5 Å². The Kier molecular flexibility index (Phi) is 3.61. The average molecular weight is 227 g/mol. The molecule has 1 aliphatic rings. The van der Waals surface area contributed by atoms with Crippen LogP contribution in [0.5, 0.6) is 5.75 Å². The van der Waals surface area contributed by atoms with Crippen LogP contribution in [0.15, 0.2) is 11.4 Å². The van der Waals surface area contributed by atoms with Crippen molar-refractivity contribution >= 4 is 11.3 Å². The molecule has 2 heterocycles. The molecule has 0 spiro atoms. The highest BCUT2D eigenvalue weighted by Crippen LogP contribution is 2.37. The Bertz CT molecular complexity index is 307. The molecule has 1 N–H and O–H groups in total. The van der Waals surface area contributed by atoms with Crippen LogP contribution in [0.1, 0.15) is 17.3 Å². The summed E-state index contributed by atoms with van der Waals surface area (Å²) in [7, 11) is 3.73. The van der Waals surface area contributed by atoms with Crippen molar-refractivity contribution in [2.75, 3.05) is 27.4 Å². The molecule has 15 heavy (non-hydrogen) atoms. The van der Waals surface area contributed by atoms with Gasteiger partial charge in [0.2, 0.25) is 0 Å². The van der Waals surface area contributed by atoms with Gasteiger partial charge in [0.15, 0.2) is 0 Å². The first kappa shape index (κ1) is 10.9. The topological polar surface area (TPSA) is 30.5 Å².